The summed E-state index contributed by atoms with van der Waals surface area (Å²) in [5, 5.41) is 0. The Kier molecular flexibility index (Phi) is 4.59. The lowest BCUT2D eigenvalue weighted by Crippen LogP contribution is -2.36. The summed E-state index contributed by atoms with van der Waals surface area (Å²) < 4.78 is 0. The van der Waals surface area contributed by atoms with E-state index in [-0.39, 0.29) is 5.92 Å². The van der Waals surface area contributed by atoms with Crippen LogP contribution in [-0.4, -0.2) is 40.7 Å². The maximum atomic E-state index is 11.8. The molecule has 13 heavy (non-hydrogen) atoms. The Morgan fingerprint density at radius 2 is 2.46 bits per heavy atom. The lowest BCUT2D eigenvalue weighted by atomic mass is 10.1. The summed E-state index contributed by atoms with van der Waals surface area (Å²) in [6.07, 6.45) is 1.06. The van der Waals surface area contributed by atoms with Crippen LogP contribution in [0.5, 0.6) is 0 Å². The van der Waals surface area contributed by atoms with Crippen molar-refractivity contribution in [1.82, 2.24) is 4.90 Å². The summed E-state index contributed by atoms with van der Waals surface area (Å²) in [4.78, 5) is 14.0. The van der Waals surface area contributed by atoms with E-state index in [0.717, 1.165) is 24.5 Å². The van der Waals surface area contributed by atoms with Crippen LogP contribution in [0.25, 0.3) is 0 Å². The molecule has 2 unspecified atom stereocenters. The molecule has 0 N–H and O–H groups in total. The number of amides is 1. The quantitative estimate of drug-likeness (QED) is 0.728. The van der Waals surface area contributed by atoms with E-state index in [9.17, 15) is 4.79 Å². The third-order valence-electron chi connectivity index (χ3n) is 2.18. The normalized spacial score (nSPS) is 24.4. The smallest absolute Gasteiger partial charge is 0.226 e. The van der Waals surface area contributed by atoms with Crippen LogP contribution in [0.3, 0.4) is 0 Å². The molecule has 0 spiro atoms. The molecule has 0 aromatic heterocycles. The minimum Gasteiger partial charge on any atom is -0.344 e. The number of thioether (sulfide) groups is 1. The molecular weight excluding hydrogens is 250 g/mol. The third kappa shape index (κ3) is 3.50. The molecule has 1 amide bonds. The van der Waals surface area contributed by atoms with Gasteiger partial charge in [0.25, 0.3) is 0 Å². The van der Waals surface area contributed by atoms with Crippen molar-refractivity contribution in [1.29, 1.82) is 0 Å². The third-order valence-corrected chi connectivity index (χ3v) is 3.63. The second-order valence-electron chi connectivity index (χ2n) is 3.56. The summed E-state index contributed by atoms with van der Waals surface area (Å²) in [5.41, 5.74) is 0. The standard InChI is InChI=1S/C9H16BrNOS/c1-7(10)5-11(2)9(12)8-3-4-13-6-8/h7-8H,3-6H2,1-2H3. The van der Waals surface area contributed by atoms with Crippen molar-refractivity contribution in [3.05, 3.63) is 0 Å². The second-order valence-corrected chi connectivity index (χ2v) is 6.27. The van der Waals surface area contributed by atoms with Gasteiger partial charge in [-0.25, -0.2) is 0 Å². The van der Waals surface area contributed by atoms with Crippen LogP contribution < -0.4 is 0 Å². The topological polar surface area (TPSA) is 20.3 Å². The van der Waals surface area contributed by atoms with Crippen molar-refractivity contribution in [2.75, 3.05) is 25.1 Å². The van der Waals surface area contributed by atoms with Crippen LogP contribution in [0.2, 0.25) is 0 Å². The first-order valence-electron chi connectivity index (χ1n) is 4.58. The first-order valence-corrected chi connectivity index (χ1v) is 6.65. The van der Waals surface area contributed by atoms with E-state index in [2.05, 4.69) is 22.9 Å². The highest BCUT2D eigenvalue weighted by molar-refractivity contribution is 9.09. The molecule has 0 aromatic rings. The highest BCUT2D eigenvalue weighted by Crippen LogP contribution is 2.24. The fraction of sp³-hybridized carbons (Fsp3) is 0.889. The molecule has 1 saturated heterocycles. The van der Waals surface area contributed by atoms with Crippen molar-refractivity contribution < 1.29 is 4.79 Å². The van der Waals surface area contributed by atoms with Gasteiger partial charge in [-0.05, 0) is 12.2 Å². The van der Waals surface area contributed by atoms with Gasteiger partial charge in [0.05, 0.1) is 0 Å². The van der Waals surface area contributed by atoms with Gasteiger partial charge < -0.3 is 4.90 Å². The van der Waals surface area contributed by atoms with Crippen molar-refractivity contribution in [2.24, 2.45) is 5.92 Å². The van der Waals surface area contributed by atoms with Gasteiger partial charge in [0.1, 0.15) is 0 Å². The molecule has 0 bridgehead atoms. The Labute approximate surface area is 92.6 Å². The van der Waals surface area contributed by atoms with Gasteiger partial charge in [-0.3, -0.25) is 4.79 Å². The number of hydrogen-bond acceptors (Lipinski definition) is 2. The molecule has 1 fully saturated rings. The van der Waals surface area contributed by atoms with Gasteiger partial charge in [-0.1, -0.05) is 22.9 Å². The number of nitrogens with zero attached hydrogens (tertiary/aromatic N) is 1. The number of carbonyl (C=O) groups excluding carboxylic acids is 1. The van der Waals surface area contributed by atoms with Crippen molar-refractivity contribution in [2.45, 2.75) is 18.2 Å². The molecule has 0 aliphatic carbocycles. The van der Waals surface area contributed by atoms with E-state index < -0.39 is 0 Å². The van der Waals surface area contributed by atoms with E-state index in [1.807, 2.05) is 23.7 Å². The largest absolute Gasteiger partial charge is 0.344 e. The minimum absolute atomic E-state index is 0.279. The molecule has 0 saturated carbocycles. The summed E-state index contributed by atoms with van der Waals surface area (Å²) in [6.45, 7) is 2.87. The van der Waals surface area contributed by atoms with E-state index in [1.54, 1.807) is 0 Å². The molecule has 0 radical (unpaired) electrons. The van der Waals surface area contributed by atoms with Gasteiger partial charge in [0, 0.05) is 30.1 Å². The summed E-state index contributed by atoms with van der Waals surface area (Å²) in [7, 11) is 1.89. The molecule has 2 nitrogen and oxygen atoms in total. The molecule has 76 valence electrons. The fourth-order valence-corrected chi connectivity index (χ4v) is 3.15. The zero-order chi connectivity index (χ0) is 9.84. The Morgan fingerprint density at radius 1 is 1.77 bits per heavy atom. The number of carbonyl (C=O) groups is 1. The number of hydrogen-bond donors (Lipinski definition) is 0. The molecule has 4 heteroatoms. The number of halogens is 1. The van der Waals surface area contributed by atoms with E-state index in [4.69, 9.17) is 0 Å². The zero-order valence-corrected chi connectivity index (χ0v) is 10.5. The van der Waals surface area contributed by atoms with Gasteiger partial charge in [-0.2, -0.15) is 11.8 Å². The zero-order valence-electron chi connectivity index (χ0n) is 8.12. The predicted molar refractivity (Wildman–Crippen MR) is 61.5 cm³/mol. The van der Waals surface area contributed by atoms with Crippen LogP contribution in [0.4, 0.5) is 0 Å². The maximum absolute atomic E-state index is 11.8. The average molecular weight is 266 g/mol. The van der Waals surface area contributed by atoms with Gasteiger partial charge in [0.15, 0.2) is 0 Å². The Morgan fingerprint density at radius 3 is 2.92 bits per heavy atom. The highest BCUT2D eigenvalue weighted by atomic mass is 79.9. The fourth-order valence-electron chi connectivity index (χ4n) is 1.51. The molecule has 1 rings (SSSR count). The van der Waals surface area contributed by atoms with Gasteiger partial charge in [0.2, 0.25) is 5.91 Å². The molecule has 0 aromatic carbocycles. The van der Waals surface area contributed by atoms with Crippen LogP contribution in [0, 0.1) is 5.92 Å². The average Bonchev–Trinajstić information content (AvgIpc) is 2.53. The Hall–Kier alpha value is 0.300. The first kappa shape index (κ1) is 11.4. The molecule has 2 atom stereocenters. The molecular formula is C9H16BrNOS. The minimum atomic E-state index is 0.279. The monoisotopic (exact) mass is 265 g/mol. The second kappa shape index (κ2) is 5.25. The van der Waals surface area contributed by atoms with Crippen LogP contribution in [0.15, 0.2) is 0 Å². The van der Waals surface area contributed by atoms with Gasteiger partial charge in [-0.15, -0.1) is 0 Å². The number of alkyl halides is 1. The van der Waals surface area contributed by atoms with E-state index >= 15 is 0 Å². The first-order chi connectivity index (χ1) is 6.11. The van der Waals surface area contributed by atoms with E-state index in [0.29, 0.717) is 10.7 Å². The van der Waals surface area contributed by atoms with E-state index in [1.165, 1.54) is 0 Å². The van der Waals surface area contributed by atoms with Crippen molar-refractivity contribution >= 4 is 33.6 Å². The maximum Gasteiger partial charge on any atom is 0.226 e. The Bertz CT molecular complexity index is 180. The summed E-state index contributed by atoms with van der Waals surface area (Å²) >= 11 is 5.34. The highest BCUT2D eigenvalue weighted by Gasteiger charge is 2.25. The Balaban J connectivity index is 2.36. The van der Waals surface area contributed by atoms with Crippen LogP contribution in [-0.2, 0) is 4.79 Å². The summed E-state index contributed by atoms with van der Waals surface area (Å²) in [5.74, 6) is 2.76. The molecule has 1 aliphatic heterocycles. The summed E-state index contributed by atoms with van der Waals surface area (Å²) in [6, 6.07) is 0. The SMILES string of the molecule is CC(Br)CN(C)C(=O)C1CCSC1. The van der Waals surface area contributed by atoms with Crippen molar-refractivity contribution in [3.63, 3.8) is 0 Å². The lowest BCUT2D eigenvalue weighted by molar-refractivity contribution is -0.133. The van der Waals surface area contributed by atoms with Crippen LogP contribution in [0.1, 0.15) is 13.3 Å². The van der Waals surface area contributed by atoms with Crippen molar-refractivity contribution in [3.8, 4) is 0 Å². The van der Waals surface area contributed by atoms with Crippen LogP contribution >= 0.6 is 27.7 Å². The molecule has 1 aliphatic rings. The lowest BCUT2D eigenvalue weighted by Gasteiger charge is -2.21. The number of rotatable bonds is 3. The van der Waals surface area contributed by atoms with Gasteiger partial charge >= 0.3 is 0 Å². The predicted octanol–water partition coefficient (Wildman–Crippen LogP) is 1.98. The molecule has 1 heterocycles.